The van der Waals surface area contributed by atoms with Crippen molar-refractivity contribution in [2.45, 2.75) is 11.1 Å². The van der Waals surface area contributed by atoms with Crippen molar-refractivity contribution >= 4 is 28.5 Å². The van der Waals surface area contributed by atoms with Crippen LogP contribution in [0.2, 0.25) is 0 Å². The summed E-state index contributed by atoms with van der Waals surface area (Å²) in [6.45, 7) is 0. The molecule has 0 spiro atoms. The van der Waals surface area contributed by atoms with Crippen LogP contribution in [0.3, 0.4) is 0 Å². The second-order valence-corrected chi connectivity index (χ2v) is 7.04. The largest absolute Gasteiger partial charge is 0.361 e. The van der Waals surface area contributed by atoms with E-state index in [1.165, 1.54) is 10.5 Å². The Kier molecular flexibility index (Phi) is 3.31. The van der Waals surface area contributed by atoms with E-state index in [9.17, 15) is 0 Å². The number of benzene rings is 3. The fourth-order valence-electron chi connectivity index (χ4n) is 3.53. The number of thioether (sulfide) groups is 1. The maximum atomic E-state index is 4.92. The predicted molar refractivity (Wildman–Crippen MR) is 105 cm³/mol. The maximum absolute atomic E-state index is 4.92. The third kappa shape index (κ3) is 2.25. The number of nitrogens with one attached hydrogen (secondary N) is 1. The second-order valence-electron chi connectivity index (χ2n) is 6.16. The van der Waals surface area contributed by atoms with Crippen LogP contribution in [0.15, 0.2) is 77.7 Å². The number of hydrogen-bond donors (Lipinski definition) is 1. The molecule has 3 nitrogen and oxygen atoms in total. The molecule has 0 radical (unpaired) electrons. The Morgan fingerprint density at radius 3 is 2.52 bits per heavy atom. The van der Waals surface area contributed by atoms with Gasteiger partial charge in [-0.15, -0.1) is 11.8 Å². The number of rotatable bonds is 2. The van der Waals surface area contributed by atoms with E-state index in [-0.39, 0.29) is 6.17 Å². The number of nitrogens with zero attached hydrogens (tertiary/aromatic N) is 2. The molecule has 0 aliphatic carbocycles. The molecule has 0 unspecified atom stereocenters. The van der Waals surface area contributed by atoms with E-state index in [1.54, 1.807) is 11.8 Å². The van der Waals surface area contributed by atoms with Gasteiger partial charge in [0.05, 0.1) is 11.0 Å². The third-order valence-corrected chi connectivity index (χ3v) is 5.49. The zero-order valence-electron chi connectivity index (χ0n) is 13.8. The normalized spacial score (nSPS) is 15.5. The first kappa shape index (κ1) is 14.6. The van der Waals surface area contributed by atoms with E-state index in [1.807, 2.05) is 6.07 Å². The first-order chi connectivity index (χ1) is 12.3. The van der Waals surface area contributed by atoms with E-state index in [0.29, 0.717) is 0 Å². The van der Waals surface area contributed by atoms with Crippen LogP contribution >= 0.6 is 11.8 Å². The van der Waals surface area contributed by atoms with Crippen LogP contribution in [0.4, 0.5) is 5.69 Å². The average molecular weight is 343 g/mol. The van der Waals surface area contributed by atoms with Gasteiger partial charge >= 0.3 is 0 Å². The molecule has 1 atom stereocenters. The number of fused-ring (bicyclic) bond motifs is 5. The zero-order chi connectivity index (χ0) is 16.8. The van der Waals surface area contributed by atoms with Gasteiger partial charge in [0, 0.05) is 16.1 Å². The number of imidazole rings is 1. The predicted octanol–water partition coefficient (Wildman–Crippen LogP) is 5.40. The third-order valence-electron chi connectivity index (χ3n) is 4.75. The van der Waals surface area contributed by atoms with Crippen molar-refractivity contribution in [3.8, 4) is 11.4 Å². The van der Waals surface area contributed by atoms with Crippen molar-refractivity contribution in [2.75, 3.05) is 11.6 Å². The molecule has 1 N–H and O–H groups in total. The monoisotopic (exact) mass is 343 g/mol. The minimum Gasteiger partial charge on any atom is -0.361 e. The van der Waals surface area contributed by atoms with E-state index < -0.39 is 0 Å². The molecular formula is C21H17N3S. The van der Waals surface area contributed by atoms with Crippen LogP contribution < -0.4 is 5.32 Å². The Bertz CT molecular complexity index is 1070. The van der Waals surface area contributed by atoms with Crippen LogP contribution in [0.5, 0.6) is 0 Å². The second kappa shape index (κ2) is 5.67. The quantitative estimate of drug-likeness (QED) is 0.494. The lowest BCUT2D eigenvalue weighted by atomic mass is 10.1. The minimum atomic E-state index is 0.0354. The van der Waals surface area contributed by atoms with Gasteiger partial charge in [-0.25, -0.2) is 4.98 Å². The summed E-state index contributed by atoms with van der Waals surface area (Å²) in [7, 11) is 0. The van der Waals surface area contributed by atoms with E-state index in [4.69, 9.17) is 4.98 Å². The fourth-order valence-corrected chi connectivity index (χ4v) is 3.94. The van der Waals surface area contributed by atoms with Gasteiger partial charge in [-0.3, -0.25) is 4.57 Å². The van der Waals surface area contributed by atoms with Gasteiger partial charge in [0.2, 0.25) is 0 Å². The van der Waals surface area contributed by atoms with Gasteiger partial charge in [0.1, 0.15) is 12.0 Å². The Morgan fingerprint density at radius 1 is 0.920 bits per heavy atom. The molecule has 0 fully saturated rings. The van der Waals surface area contributed by atoms with Crippen LogP contribution in [0.1, 0.15) is 11.7 Å². The highest BCUT2D eigenvalue weighted by molar-refractivity contribution is 7.98. The molecule has 0 bridgehead atoms. The smallest absolute Gasteiger partial charge is 0.145 e. The molecular weight excluding hydrogens is 326 g/mol. The minimum absolute atomic E-state index is 0.0354. The number of para-hydroxylation sites is 3. The maximum Gasteiger partial charge on any atom is 0.145 e. The molecule has 0 saturated heterocycles. The standard InChI is InChI=1S/C21H17N3S/c1-25-15-12-10-14(11-13-15)20-22-17-7-3-2-6-16(17)21-23-18-8-4-5-9-19(18)24(20)21/h2-13,20,22H,1H3/t20-/m0/s1. The van der Waals surface area contributed by atoms with Gasteiger partial charge < -0.3 is 5.32 Å². The number of aromatic nitrogens is 2. The summed E-state index contributed by atoms with van der Waals surface area (Å²) < 4.78 is 2.31. The lowest BCUT2D eigenvalue weighted by Gasteiger charge is -2.30. The van der Waals surface area contributed by atoms with E-state index >= 15 is 0 Å². The fraction of sp³-hybridized carbons (Fsp3) is 0.0952. The molecule has 5 rings (SSSR count). The number of anilines is 1. The summed E-state index contributed by atoms with van der Waals surface area (Å²) in [5, 5.41) is 3.70. The molecule has 4 aromatic rings. The summed E-state index contributed by atoms with van der Waals surface area (Å²) in [6.07, 6.45) is 2.14. The summed E-state index contributed by atoms with van der Waals surface area (Å²) in [5.41, 5.74) is 5.69. The Labute approximate surface area is 150 Å². The molecule has 1 aliphatic rings. The number of hydrogen-bond acceptors (Lipinski definition) is 3. The highest BCUT2D eigenvalue weighted by atomic mass is 32.2. The van der Waals surface area contributed by atoms with E-state index in [0.717, 1.165) is 28.1 Å². The molecule has 2 heterocycles. The summed E-state index contributed by atoms with van der Waals surface area (Å²) >= 11 is 1.76. The molecule has 3 aromatic carbocycles. The molecule has 25 heavy (non-hydrogen) atoms. The SMILES string of the molecule is CSc1ccc([C@H]2Nc3ccccc3-c3nc4ccccc4n32)cc1. The first-order valence-corrected chi connectivity index (χ1v) is 9.54. The molecule has 0 amide bonds. The van der Waals surface area contributed by atoms with Crippen LogP contribution in [0.25, 0.3) is 22.4 Å². The van der Waals surface area contributed by atoms with Gasteiger partial charge in [-0.1, -0.05) is 36.4 Å². The van der Waals surface area contributed by atoms with Crippen molar-refractivity contribution in [3.63, 3.8) is 0 Å². The highest BCUT2D eigenvalue weighted by Gasteiger charge is 2.27. The summed E-state index contributed by atoms with van der Waals surface area (Å²) in [5.74, 6) is 1.02. The molecule has 0 saturated carbocycles. The first-order valence-electron chi connectivity index (χ1n) is 8.32. The van der Waals surface area contributed by atoms with Gasteiger partial charge in [-0.2, -0.15) is 0 Å². The summed E-state index contributed by atoms with van der Waals surface area (Å²) in [4.78, 5) is 6.20. The molecule has 122 valence electrons. The van der Waals surface area contributed by atoms with Crippen LogP contribution in [-0.4, -0.2) is 15.8 Å². The lowest BCUT2D eigenvalue weighted by Crippen LogP contribution is -2.24. The molecule has 4 heteroatoms. The lowest BCUT2D eigenvalue weighted by molar-refractivity contribution is 0.668. The molecule has 1 aliphatic heterocycles. The van der Waals surface area contributed by atoms with Gasteiger partial charge in [0.25, 0.3) is 0 Å². The van der Waals surface area contributed by atoms with Crippen molar-refractivity contribution < 1.29 is 0 Å². The molecule has 1 aromatic heterocycles. The van der Waals surface area contributed by atoms with Crippen molar-refractivity contribution in [2.24, 2.45) is 0 Å². The topological polar surface area (TPSA) is 29.9 Å². The van der Waals surface area contributed by atoms with Crippen LogP contribution in [0, 0.1) is 0 Å². The van der Waals surface area contributed by atoms with Gasteiger partial charge in [0.15, 0.2) is 0 Å². The van der Waals surface area contributed by atoms with E-state index in [2.05, 4.69) is 82.9 Å². The van der Waals surface area contributed by atoms with Crippen LogP contribution in [-0.2, 0) is 0 Å². The Balaban J connectivity index is 1.76. The summed E-state index contributed by atoms with van der Waals surface area (Å²) in [6, 6.07) is 25.5. The van der Waals surface area contributed by atoms with Crippen molar-refractivity contribution in [3.05, 3.63) is 78.4 Å². The Hall–Kier alpha value is -2.72. The van der Waals surface area contributed by atoms with Crippen molar-refractivity contribution in [1.82, 2.24) is 9.55 Å². The van der Waals surface area contributed by atoms with Gasteiger partial charge in [-0.05, 0) is 48.2 Å². The Morgan fingerprint density at radius 2 is 1.68 bits per heavy atom. The average Bonchev–Trinajstić information content (AvgIpc) is 3.07. The highest BCUT2D eigenvalue weighted by Crippen LogP contribution is 2.40. The zero-order valence-corrected chi connectivity index (χ0v) is 14.6. The van der Waals surface area contributed by atoms with Crippen molar-refractivity contribution in [1.29, 1.82) is 0 Å².